The van der Waals surface area contributed by atoms with Crippen LogP contribution in [0.1, 0.15) is 24.8 Å². The summed E-state index contributed by atoms with van der Waals surface area (Å²) in [5, 5.41) is 14.9. The van der Waals surface area contributed by atoms with E-state index in [9.17, 15) is 24.3 Å². The molecule has 0 spiro atoms. The van der Waals surface area contributed by atoms with E-state index in [0.717, 1.165) is 5.56 Å². The van der Waals surface area contributed by atoms with Crippen molar-refractivity contribution in [3.8, 4) is 0 Å². The largest absolute Gasteiger partial charge is 0.480 e. The molecule has 4 unspecified atom stereocenters. The molecule has 0 radical (unpaired) electrons. The molecular weight excluding hydrogens is 464 g/mol. The SMILES string of the molecule is CSCCC(NC(=O)C(N)CS)C(=O)N1CCCC1C(=O)NC(Cc1ccccc1)C(=O)O. The van der Waals surface area contributed by atoms with Crippen molar-refractivity contribution >= 4 is 48.1 Å². The minimum atomic E-state index is -1.14. The molecule has 0 bridgehead atoms. The van der Waals surface area contributed by atoms with Gasteiger partial charge >= 0.3 is 5.97 Å². The van der Waals surface area contributed by atoms with E-state index in [1.54, 1.807) is 24.3 Å². The number of aliphatic carboxylic acids is 1. The van der Waals surface area contributed by atoms with Gasteiger partial charge in [-0.05, 0) is 36.8 Å². The average molecular weight is 497 g/mol. The van der Waals surface area contributed by atoms with Gasteiger partial charge in [0.2, 0.25) is 17.7 Å². The minimum absolute atomic E-state index is 0.136. The van der Waals surface area contributed by atoms with Crippen molar-refractivity contribution in [1.29, 1.82) is 0 Å². The first-order valence-electron chi connectivity index (χ1n) is 10.8. The molecule has 5 N–H and O–H groups in total. The van der Waals surface area contributed by atoms with Crippen LogP contribution in [0, 0.1) is 0 Å². The molecule has 33 heavy (non-hydrogen) atoms. The summed E-state index contributed by atoms with van der Waals surface area (Å²) >= 11 is 5.56. The highest BCUT2D eigenvalue weighted by Crippen LogP contribution is 2.20. The van der Waals surface area contributed by atoms with E-state index in [-0.39, 0.29) is 18.1 Å². The zero-order valence-electron chi connectivity index (χ0n) is 18.6. The second-order valence-corrected chi connectivity index (χ2v) is 9.26. The summed E-state index contributed by atoms with van der Waals surface area (Å²) in [4.78, 5) is 51.7. The molecule has 0 aliphatic carbocycles. The minimum Gasteiger partial charge on any atom is -0.480 e. The summed E-state index contributed by atoms with van der Waals surface area (Å²) < 4.78 is 0. The van der Waals surface area contributed by atoms with Crippen LogP contribution in [0.4, 0.5) is 0 Å². The predicted molar refractivity (Wildman–Crippen MR) is 131 cm³/mol. The Balaban J connectivity index is 2.10. The average Bonchev–Trinajstić information content (AvgIpc) is 3.30. The van der Waals surface area contributed by atoms with Gasteiger partial charge in [-0.25, -0.2) is 4.79 Å². The van der Waals surface area contributed by atoms with Crippen molar-refractivity contribution in [1.82, 2.24) is 15.5 Å². The van der Waals surface area contributed by atoms with Crippen LogP contribution >= 0.6 is 24.4 Å². The van der Waals surface area contributed by atoms with Gasteiger partial charge in [0.25, 0.3) is 0 Å². The number of nitrogens with one attached hydrogen (secondary N) is 2. The molecule has 11 heteroatoms. The summed E-state index contributed by atoms with van der Waals surface area (Å²) in [5.74, 6) is -1.72. The monoisotopic (exact) mass is 496 g/mol. The lowest BCUT2D eigenvalue weighted by Gasteiger charge is -2.30. The maximum absolute atomic E-state index is 13.3. The third kappa shape index (κ3) is 7.94. The third-order valence-electron chi connectivity index (χ3n) is 5.49. The fourth-order valence-electron chi connectivity index (χ4n) is 3.68. The molecule has 9 nitrogen and oxygen atoms in total. The molecule has 1 fully saturated rings. The number of carboxylic acids is 1. The zero-order valence-corrected chi connectivity index (χ0v) is 20.3. The first kappa shape index (κ1) is 27.0. The van der Waals surface area contributed by atoms with E-state index >= 15 is 0 Å². The number of carbonyl (C=O) groups excluding carboxylic acids is 3. The number of hydrogen-bond donors (Lipinski definition) is 5. The molecule has 1 heterocycles. The van der Waals surface area contributed by atoms with Crippen LogP contribution < -0.4 is 16.4 Å². The zero-order chi connectivity index (χ0) is 24.4. The Kier molecular flexibility index (Phi) is 11.0. The third-order valence-corrected chi connectivity index (χ3v) is 6.53. The second kappa shape index (κ2) is 13.5. The van der Waals surface area contributed by atoms with Gasteiger partial charge in [0.15, 0.2) is 0 Å². The molecule has 3 amide bonds. The molecule has 0 aromatic heterocycles. The van der Waals surface area contributed by atoms with Gasteiger partial charge in [0, 0.05) is 18.7 Å². The van der Waals surface area contributed by atoms with Gasteiger partial charge in [-0.1, -0.05) is 30.3 Å². The van der Waals surface area contributed by atoms with Crippen molar-refractivity contribution in [2.24, 2.45) is 5.73 Å². The number of benzene rings is 1. The van der Waals surface area contributed by atoms with Crippen LogP contribution in [0.3, 0.4) is 0 Å². The van der Waals surface area contributed by atoms with Crippen LogP contribution in [-0.4, -0.2) is 82.2 Å². The van der Waals surface area contributed by atoms with Crippen molar-refractivity contribution in [3.05, 3.63) is 35.9 Å². The van der Waals surface area contributed by atoms with Crippen molar-refractivity contribution in [2.75, 3.05) is 24.3 Å². The van der Waals surface area contributed by atoms with Gasteiger partial charge < -0.3 is 26.4 Å². The van der Waals surface area contributed by atoms with Gasteiger partial charge in [-0.2, -0.15) is 24.4 Å². The van der Waals surface area contributed by atoms with E-state index in [2.05, 4.69) is 23.3 Å². The van der Waals surface area contributed by atoms with Gasteiger partial charge in [0.1, 0.15) is 18.1 Å². The number of rotatable bonds is 12. The maximum Gasteiger partial charge on any atom is 0.326 e. The second-order valence-electron chi connectivity index (χ2n) is 7.91. The molecule has 1 saturated heterocycles. The Bertz CT molecular complexity index is 826. The molecule has 4 atom stereocenters. The number of hydrogen-bond acceptors (Lipinski definition) is 7. The quantitative estimate of drug-likeness (QED) is 0.262. The Hall–Kier alpha value is -2.24. The lowest BCUT2D eigenvalue weighted by atomic mass is 10.1. The first-order chi connectivity index (χ1) is 15.8. The fraction of sp³-hybridized carbons (Fsp3) is 0.545. The highest BCUT2D eigenvalue weighted by atomic mass is 32.2. The van der Waals surface area contributed by atoms with Crippen molar-refractivity contribution in [2.45, 2.75) is 49.9 Å². The van der Waals surface area contributed by atoms with Crippen LogP contribution in [0.15, 0.2) is 30.3 Å². The van der Waals surface area contributed by atoms with Gasteiger partial charge in [-0.3, -0.25) is 14.4 Å². The molecule has 0 saturated carbocycles. The van der Waals surface area contributed by atoms with Crippen LogP contribution in [-0.2, 0) is 25.6 Å². The molecule has 2 rings (SSSR count). The number of thiol groups is 1. The number of amides is 3. The number of carboxylic acid groups (broad SMARTS) is 1. The first-order valence-corrected chi connectivity index (χ1v) is 12.8. The lowest BCUT2D eigenvalue weighted by molar-refractivity contribution is -0.144. The molecule has 1 aliphatic rings. The van der Waals surface area contributed by atoms with E-state index in [1.165, 1.54) is 16.7 Å². The Labute approximate surface area is 203 Å². The summed E-state index contributed by atoms with van der Waals surface area (Å²) in [6.45, 7) is 0.359. The molecule has 1 aliphatic heterocycles. The Morgan fingerprint density at radius 2 is 1.91 bits per heavy atom. The summed E-state index contributed by atoms with van der Waals surface area (Å²) in [6.07, 6.45) is 3.46. The van der Waals surface area contributed by atoms with Crippen LogP contribution in [0.2, 0.25) is 0 Å². The molecule has 1 aromatic rings. The van der Waals surface area contributed by atoms with E-state index in [0.29, 0.717) is 31.6 Å². The van der Waals surface area contributed by atoms with E-state index in [4.69, 9.17) is 5.73 Å². The summed E-state index contributed by atoms with van der Waals surface area (Å²) in [6, 6.07) is 5.46. The van der Waals surface area contributed by atoms with Crippen molar-refractivity contribution in [3.63, 3.8) is 0 Å². The summed E-state index contributed by atoms with van der Waals surface area (Å²) in [5.41, 5.74) is 6.51. The molecule has 1 aromatic carbocycles. The predicted octanol–water partition coefficient (Wildman–Crippen LogP) is 0.285. The van der Waals surface area contributed by atoms with Gasteiger partial charge in [0.05, 0.1) is 6.04 Å². The fourth-order valence-corrected chi connectivity index (χ4v) is 4.31. The molecule has 182 valence electrons. The van der Waals surface area contributed by atoms with E-state index in [1.807, 2.05) is 12.3 Å². The lowest BCUT2D eigenvalue weighted by Crippen LogP contribution is -2.57. The smallest absolute Gasteiger partial charge is 0.326 e. The van der Waals surface area contributed by atoms with Crippen LogP contribution in [0.25, 0.3) is 0 Å². The summed E-state index contributed by atoms with van der Waals surface area (Å²) in [7, 11) is 0. The highest BCUT2D eigenvalue weighted by Gasteiger charge is 2.39. The maximum atomic E-state index is 13.3. The van der Waals surface area contributed by atoms with E-state index < -0.39 is 42.0 Å². The Morgan fingerprint density at radius 3 is 2.52 bits per heavy atom. The topological polar surface area (TPSA) is 142 Å². The Morgan fingerprint density at radius 1 is 1.21 bits per heavy atom. The highest BCUT2D eigenvalue weighted by molar-refractivity contribution is 7.98. The van der Waals surface area contributed by atoms with Crippen molar-refractivity contribution < 1.29 is 24.3 Å². The number of likely N-dealkylation sites (tertiary alicyclic amines) is 1. The normalized spacial score (nSPS) is 18.3. The number of carbonyl (C=O) groups is 4. The molecular formula is C22H32N4O5S2. The standard InChI is InChI=1S/C22H32N4O5S2/c1-33-11-9-16(24-19(27)15(23)13-32)21(29)26-10-5-8-18(26)20(28)25-17(22(30)31)12-14-6-3-2-4-7-14/h2-4,6-7,15-18,32H,5,8-13,23H2,1H3,(H,24,27)(H,25,28)(H,30,31). The van der Waals surface area contributed by atoms with Crippen LogP contribution in [0.5, 0.6) is 0 Å². The number of thioether (sulfide) groups is 1. The number of nitrogens with zero attached hydrogens (tertiary/aromatic N) is 1. The number of nitrogens with two attached hydrogens (primary N) is 1. The van der Waals surface area contributed by atoms with Gasteiger partial charge in [-0.15, -0.1) is 0 Å².